The van der Waals surface area contributed by atoms with Crippen LogP contribution in [0.1, 0.15) is 45.2 Å². The molecule has 116 valence electrons. The summed E-state index contributed by atoms with van der Waals surface area (Å²) in [5.41, 5.74) is 0.605. The van der Waals surface area contributed by atoms with Gasteiger partial charge in [-0.3, -0.25) is 4.79 Å². The van der Waals surface area contributed by atoms with Crippen LogP contribution in [0.4, 0.5) is 0 Å². The molecule has 1 aliphatic rings. The summed E-state index contributed by atoms with van der Waals surface area (Å²) in [5.74, 6) is 1.45. The fourth-order valence-electron chi connectivity index (χ4n) is 2.56. The van der Waals surface area contributed by atoms with Gasteiger partial charge in [0.05, 0.1) is 18.7 Å². The van der Waals surface area contributed by atoms with Gasteiger partial charge in [0.25, 0.3) is 0 Å². The van der Waals surface area contributed by atoms with Gasteiger partial charge in [0, 0.05) is 0 Å². The number of hydrogen-bond donors (Lipinski definition) is 2. The molecule has 1 aromatic rings. The first-order valence-corrected chi connectivity index (χ1v) is 7.68. The number of likely N-dealkylation sites (N-methyl/N-ethyl adjacent to an activating group) is 1. The summed E-state index contributed by atoms with van der Waals surface area (Å²) in [6.07, 6.45) is 2.36. The van der Waals surface area contributed by atoms with Gasteiger partial charge in [-0.1, -0.05) is 19.1 Å². The molecule has 1 amide bonds. The van der Waals surface area contributed by atoms with Crippen LogP contribution in [0.2, 0.25) is 0 Å². The van der Waals surface area contributed by atoms with E-state index in [1.807, 2.05) is 45.0 Å². The minimum Gasteiger partial charge on any atom is -0.497 e. The topological polar surface area (TPSA) is 50.4 Å². The smallest absolute Gasteiger partial charge is 0.240 e. The van der Waals surface area contributed by atoms with E-state index in [0.717, 1.165) is 17.9 Å². The maximum absolute atomic E-state index is 12.5. The Kier molecular flexibility index (Phi) is 4.88. The van der Waals surface area contributed by atoms with Crippen LogP contribution in [-0.2, 0) is 4.79 Å². The lowest BCUT2D eigenvalue weighted by Gasteiger charge is -2.28. The molecule has 1 saturated carbocycles. The summed E-state index contributed by atoms with van der Waals surface area (Å²) in [4.78, 5) is 12.5. The predicted molar refractivity (Wildman–Crippen MR) is 84.4 cm³/mol. The molecular weight excluding hydrogens is 264 g/mol. The van der Waals surface area contributed by atoms with Crippen molar-refractivity contribution in [2.24, 2.45) is 5.92 Å². The molecule has 1 unspecified atom stereocenters. The second kappa shape index (κ2) is 6.48. The van der Waals surface area contributed by atoms with E-state index in [2.05, 4.69) is 10.6 Å². The van der Waals surface area contributed by atoms with Gasteiger partial charge < -0.3 is 15.4 Å². The molecule has 1 fully saturated rings. The molecule has 2 rings (SSSR count). The normalized spacial score (nSPS) is 16.4. The van der Waals surface area contributed by atoms with Crippen molar-refractivity contribution in [2.75, 3.05) is 13.7 Å². The van der Waals surface area contributed by atoms with E-state index in [1.165, 1.54) is 12.8 Å². The Morgan fingerprint density at radius 3 is 2.43 bits per heavy atom. The quantitative estimate of drug-likeness (QED) is 0.811. The van der Waals surface area contributed by atoms with Crippen molar-refractivity contribution >= 4 is 5.91 Å². The average Bonchev–Trinajstić information content (AvgIpc) is 3.29. The van der Waals surface area contributed by atoms with Crippen LogP contribution in [-0.4, -0.2) is 25.1 Å². The number of methoxy groups -OCH3 is 1. The van der Waals surface area contributed by atoms with E-state index in [4.69, 9.17) is 4.74 Å². The first-order valence-electron chi connectivity index (χ1n) is 7.68. The van der Waals surface area contributed by atoms with Crippen LogP contribution in [0.3, 0.4) is 0 Å². The third kappa shape index (κ3) is 3.97. The molecule has 0 aromatic heterocycles. The molecule has 1 atom stereocenters. The third-order valence-electron chi connectivity index (χ3n) is 4.04. The first-order chi connectivity index (χ1) is 9.97. The molecule has 4 nitrogen and oxygen atoms in total. The van der Waals surface area contributed by atoms with Crippen molar-refractivity contribution in [2.45, 2.75) is 45.2 Å². The monoisotopic (exact) mass is 290 g/mol. The maximum Gasteiger partial charge on any atom is 0.240 e. The van der Waals surface area contributed by atoms with Gasteiger partial charge in [-0.25, -0.2) is 0 Å². The van der Waals surface area contributed by atoms with Crippen LogP contribution in [0, 0.1) is 5.92 Å². The summed E-state index contributed by atoms with van der Waals surface area (Å²) < 4.78 is 5.19. The molecule has 4 heteroatoms. The SMILES string of the molecule is CCNC(C)(C)C(=O)NC(c1ccc(OC)cc1)C1CC1. The number of amides is 1. The number of carbonyl (C=O) groups excluding carboxylic acids is 1. The summed E-state index contributed by atoms with van der Waals surface area (Å²) in [6.45, 7) is 6.63. The number of benzene rings is 1. The van der Waals surface area contributed by atoms with E-state index >= 15 is 0 Å². The van der Waals surface area contributed by atoms with E-state index < -0.39 is 5.54 Å². The minimum atomic E-state index is -0.547. The van der Waals surface area contributed by atoms with Gasteiger partial charge in [-0.2, -0.15) is 0 Å². The molecule has 1 aromatic carbocycles. The Bertz CT molecular complexity index is 478. The summed E-state index contributed by atoms with van der Waals surface area (Å²) >= 11 is 0. The Hall–Kier alpha value is -1.55. The van der Waals surface area contributed by atoms with Crippen LogP contribution >= 0.6 is 0 Å². The molecule has 0 aliphatic heterocycles. The molecular formula is C17H26N2O2. The standard InChI is InChI=1S/C17H26N2O2/c1-5-18-17(2,3)16(20)19-15(12-6-7-12)13-8-10-14(21-4)11-9-13/h8-12,15,18H,5-7H2,1-4H3,(H,19,20). The zero-order valence-electron chi connectivity index (χ0n) is 13.4. The van der Waals surface area contributed by atoms with Gasteiger partial charge in [0.2, 0.25) is 5.91 Å². The fourth-order valence-corrected chi connectivity index (χ4v) is 2.56. The highest BCUT2D eigenvalue weighted by Crippen LogP contribution is 2.41. The molecule has 1 aliphatic carbocycles. The molecule has 0 spiro atoms. The lowest BCUT2D eigenvalue weighted by molar-refractivity contribution is -0.127. The van der Waals surface area contributed by atoms with E-state index in [0.29, 0.717) is 5.92 Å². The molecule has 2 N–H and O–H groups in total. The Balaban J connectivity index is 2.10. The number of nitrogens with one attached hydrogen (secondary N) is 2. The van der Waals surface area contributed by atoms with E-state index in [9.17, 15) is 4.79 Å². The second-order valence-corrected chi connectivity index (χ2v) is 6.22. The Labute approximate surface area is 127 Å². The maximum atomic E-state index is 12.5. The Morgan fingerprint density at radius 2 is 1.95 bits per heavy atom. The Morgan fingerprint density at radius 1 is 1.33 bits per heavy atom. The molecule has 0 radical (unpaired) electrons. The largest absolute Gasteiger partial charge is 0.497 e. The summed E-state index contributed by atoms with van der Waals surface area (Å²) in [5, 5.41) is 6.44. The van der Waals surface area contributed by atoms with Gasteiger partial charge in [-0.15, -0.1) is 0 Å². The second-order valence-electron chi connectivity index (χ2n) is 6.22. The van der Waals surface area contributed by atoms with Crippen LogP contribution in [0.15, 0.2) is 24.3 Å². The number of hydrogen-bond acceptors (Lipinski definition) is 3. The highest BCUT2D eigenvalue weighted by molar-refractivity contribution is 5.85. The first kappa shape index (κ1) is 15.8. The summed E-state index contributed by atoms with van der Waals surface area (Å²) in [6, 6.07) is 8.09. The molecule has 21 heavy (non-hydrogen) atoms. The highest BCUT2D eigenvalue weighted by Gasteiger charge is 2.36. The van der Waals surface area contributed by atoms with Crippen LogP contribution < -0.4 is 15.4 Å². The fraction of sp³-hybridized carbons (Fsp3) is 0.588. The van der Waals surface area contributed by atoms with Gasteiger partial charge in [-0.05, 0) is 56.8 Å². The van der Waals surface area contributed by atoms with Crippen molar-refractivity contribution in [3.63, 3.8) is 0 Å². The van der Waals surface area contributed by atoms with Crippen molar-refractivity contribution in [1.82, 2.24) is 10.6 Å². The number of ether oxygens (including phenoxy) is 1. The lowest BCUT2D eigenvalue weighted by atomic mass is 9.99. The zero-order chi connectivity index (χ0) is 15.5. The predicted octanol–water partition coefficient (Wildman–Crippen LogP) is 2.65. The lowest BCUT2D eigenvalue weighted by Crippen LogP contribution is -2.53. The third-order valence-corrected chi connectivity index (χ3v) is 4.04. The van der Waals surface area contributed by atoms with E-state index in [-0.39, 0.29) is 11.9 Å². The van der Waals surface area contributed by atoms with Gasteiger partial charge >= 0.3 is 0 Å². The van der Waals surface area contributed by atoms with Crippen molar-refractivity contribution in [3.8, 4) is 5.75 Å². The zero-order valence-corrected chi connectivity index (χ0v) is 13.4. The highest BCUT2D eigenvalue weighted by atomic mass is 16.5. The number of rotatable bonds is 7. The molecule has 0 bridgehead atoms. The van der Waals surface area contributed by atoms with E-state index in [1.54, 1.807) is 7.11 Å². The summed E-state index contributed by atoms with van der Waals surface area (Å²) in [7, 11) is 1.66. The molecule has 0 saturated heterocycles. The van der Waals surface area contributed by atoms with Gasteiger partial charge in [0.1, 0.15) is 5.75 Å². The average molecular weight is 290 g/mol. The minimum absolute atomic E-state index is 0.0528. The van der Waals surface area contributed by atoms with Crippen molar-refractivity contribution in [3.05, 3.63) is 29.8 Å². The van der Waals surface area contributed by atoms with Gasteiger partial charge in [0.15, 0.2) is 0 Å². The van der Waals surface area contributed by atoms with Crippen molar-refractivity contribution < 1.29 is 9.53 Å². The van der Waals surface area contributed by atoms with Crippen molar-refractivity contribution in [1.29, 1.82) is 0 Å². The van der Waals surface area contributed by atoms with Crippen LogP contribution in [0.25, 0.3) is 0 Å². The molecule has 0 heterocycles. The number of carbonyl (C=O) groups is 1. The van der Waals surface area contributed by atoms with Crippen LogP contribution in [0.5, 0.6) is 5.75 Å².